The number of rotatable bonds is 7. The van der Waals surface area contributed by atoms with Gasteiger partial charge in [0, 0.05) is 24.0 Å². The van der Waals surface area contributed by atoms with Crippen LogP contribution in [0.15, 0.2) is 48.5 Å². The molecule has 0 aliphatic carbocycles. The maximum atomic E-state index is 13.0. The van der Waals surface area contributed by atoms with E-state index in [1.54, 1.807) is 17.0 Å². The first-order valence-electron chi connectivity index (χ1n) is 10.8. The molecule has 3 aromatic rings. The number of hydrogen-bond donors (Lipinski definition) is 1. The van der Waals surface area contributed by atoms with E-state index in [1.165, 1.54) is 7.11 Å². The third-order valence-corrected chi connectivity index (χ3v) is 6.26. The van der Waals surface area contributed by atoms with Gasteiger partial charge < -0.3 is 18.6 Å². The molecule has 9 nitrogen and oxygen atoms in total. The number of carbonyl (C=O) groups is 2. The first kappa shape index (κ1) is 23.6. The van der Waals surface area contributed by atoms with Crippen molar-refractivity contribution in [3.63, 3.8) is 0 Å². The molecule has 1 amide bonds. The number of carbonyl (C=O) groups excluding carboxylic acids is 2. The molecule has 0 spiro atoms. The number of para-hydroxylation sites is 1. The second kappa shape index (κ2) is 9.76. The number of ether oxygens (including phenoxy) is 2. The van der Waals surface area contributed by atoms with Crippen molar-refractivity contribution in [1.29, 1.82) is 0 Å². The van der Waals surface area contributed by atoms with Crippen molar-refractivity contribution >= 4 is 33.1 Å². The summed E-state index contributed by atoms with van der Waals surface area (Å²) in [6, 6.07) is 14.1. The van der Waals surface area contributed by atoms with Gasteiger partial charge in [0.2, 0.25) is 0 Å². The van der Waals surface area contributed by atoms with E-state index in [9.17, 15) is 18.0 Å². The van der Waals surface area contributed by atoms with Gasteiger partial charge >= 0.3 is 22.2 Å². The summed E-state index contributed by atoms with van der Waals surface area (Å²) < 4.78 is 39.0. The van der Waals surface area contributed by atoms with Gasteiger partial charge in [-0.2, -0.15) is 8.42 Å². The molecule has 0 saturated carbocycles. The zero-order valence-corrected chi connectivity index (χ0v) is 19.8. The quantitative estimate of drug-likeness (QED) is 0.400. The number of aromatic nitrogens is 1. The Kier molecular flexibility index (Phi) is 6.78. The summed E-state index contributed by atoms with van der Waals surface area (Å²) >= 11 is 0. The van der Waals surface area contributed by atoms with Crippen LogP contribution in [0.25, 0.3) is 10.9 Å². The lowest BCUT2D eigenvalue weighted by atomic mass is 9.94. The lowest BCUT2D eigenvalue weighted by molar-refractivity contribution is -0.141. The molecule has 1 aliphatic heterocycles. The van der Waals surface area contributed by atoms with Gasteiger partial charge in [0.25, 0.3) is 0 Å². The minimum absolute atomic E-state index is 0.102. The van der Waals surface area contributed by atoms with Crippen LogP contribution in [0, 0.1) is 0 Å². The van der Waals surface area contributed by atoms with Crippen LogP contribution in [0.2, 0.25) is 0 Å². The highest BCUT2D eigenvalue weighted by atomic mass is 32.2. The van der Waals surface area contributed by atoms with Crippen molar-refractivity contribution in [3.05, 3.63) is 65.4 Å². The van der Waals surface area contributed by atoms with Crippen LogP contribution >= 0.6 is 0 Å². The molecule has 2 aromatic carbocycles. The van der Waals surface area contributed by atoms with Gasteiger partial charge in [0.05, 0.1) is 24.9 Å². The summed E-state index contributed by atoms with van der Waals surface area (Å²) in [7, 11) is -2.41. The van der Waals surface area contributed by atoms with E-state index in [2.05, 4.69) is 4.98 Å². The van der Waals surface area contributed by atoms with Crippen molar-refractivity contribution in [2.45, 2.75) is 31.9 Å². The van der Waals surface area contributed by atoms with Crippen LogP contribution in [0.1, 0.15) is 35.7 Å². The second-order valence-electron chi connectivity index (χ2n) is 8.10. The highest BCUT2D eigenvalue weighted by Crippen LogP contribution is 2.40. The SMILES string of the molecule is COC(=O)CC[C@H]1c2[nH]c3c(OS(C)(=O)=O)cccc3c2CCN1C(=O)OCc1ccccc1. The summed E-state index contributed by atoms with van der Waals surface area (Å²) in [5.74, 6) is -0.207. The smallest absolute Gasteiger partial charge is 0.410 e. The molecule has 1 atom stereocenters. The number of nitrogens with zero attached hydrogens (tertiary/aromatic N) is 1. The van der Waals surface area contributed by atoms with E-state index in [-0.39, 0.29) is 24.7 Å². The number of H-pyrrole nitrogens is 1. The Morgan fingerprint density at radius 2 is 1.88 bits per heavy atom. The maximum Gasteiger partial charge on any atom is 0.410 e. The predicted molar refractivity (Wildman–Crippen MR) is 125 cm³/mol. The van der Waals surface area contributed by atoms with Crippen molar-refractivity contribution in [2.24, 2.45) is 0 Å². The van der Waals surface area contributed by atoms with E-state index in [1.807, 2.05) is 36.4 Å². The lowest BCUT2D eigenvalue weighted by Gasteiger charge is -2.35. The van der Waals surface area contributed by atoms with Crippen LogP contribution in [0.4, 0.5) is 4.79 Å². The molecule has 1 aliphatic rings. The number of methoxy groups -OCH3 is 1. The zero-order valence-electron chi connectivity index (χ0n) is 18.9. The van der Waals surface area contributed by atoms with E-state index < -0.39 is 22.3 Å². The summed E-state index contributed by atoms with van der Waals surface area (Å²) in [6.07, 6.45) is 1.45. The fourth-order valence-electron chi connectivity index (χ4n) is 4.27. The monoisotopic (exact) mass is 486 g/mol. The third-order valence-electron chi connectivity index (χ3n) is 5.78. The predicted octanol–water partition coefficient (Wildman–Crippen LogP) is 3.70. The van der Waals surface area contributed by atoms with E-state index in [0.29, 0.717) is 24.9 Å². The molecule has 1 N–H and O–H groups in total. The Labute approximate surface area is 197 Å². The van der Waals surface area contributed by atoms with Gasteiger partial charge in [0.1, 0.15) is 6.61 Å². The largest absolute Gasteiger partial charge is 0.469 e. The number of nitrogens with one attached hydrogen (secondary N) is 1. The second-order valence-corrected chi connectivity index (χ2v) is 9.67. The molecule has 0 radical (unpaired) electrons. The standard InChI is InChI=1S/C24H26N2O7S/c1-31-21(27)12-11-19-22-18(17-9-6-10-20(23(17)25-22)33-34(2,29)30)13-14-26(19)24(28)32-15-16-7-4-3-5-8-16/h3-10,19,25H,11-15H2,1-2H3/t19-/m0/s1. The van der Waals surface area contributed by atoms with E-state index >= 15 is 0 Å². The van der Waals surface area contributed by atoms with Gasteiger partial charge in [-0.25, -0.2) is 4.79 Å². The topological polar surface area (TPSA) is 115 Å². The molecule has 0 fully saturated rings. The van der Waals surface area contributed by atoms with Gasteiger partial charge in [-0.1, -0.05) is 42.5 Å². The average Bonchev–Trinajstić information content (AvgIpc) is 3.20. The number of amides is 1. The van der Waals surface area contributed by atoms with Crippen LogP contribution in [-0.2, 0) is 37.4 Å². The first-order valence-corrected chi connectivity index (χ1v) is 12.7. The molecule has 34 heavy (non-hydrogen) atoms. The Bertz CT molecular complexity index is 1300. The highest BCUT2D eigenvalue weighted by molar-refractivity contribution is 7.86. The number of aromatic amines is 1. The lowest BCUT2D eigenvalue weighted by Crippen LogP contribution is -2.40. The first-order chi connectivity index (χ1) is 16.3. The van der Waals surface area contributed by atoms with Crippen LogP contribution in [0.3, 0.4) is 0 Å². The molecule has 1 aromatic heterocycles. The van der Waals surface area contributed by atoms with Crippen molar-refractivity contribution in [1.82, 2.24) is 9.88 Å². The summed E-state index contributed by atoms with van der Waals surface area (Å²) in [4.78, 5) is 29.8. The van der Waals surface area contributed by atoms with Crippen molar-refractivity contribution < 1.29 is 31.7 Å². The average molecular weight is 487 g/mol. The molecule has 0 saturated heterocycles. The number of esters is 1. The minimum atomic E-state index is -3.73. The Morgan fingerprint density at radius 3 is 2.59 bits per heavy atom. The Balaban J connectivity index is 1.66. The molecule has 10 heteroatoms. The normalized spacial score (nSPS) is 15.6. The maximum absolute atomic E-state index is 13.0. The van der Waals surface area contributed by atoms with Crippen LogP contribution in [-0.4, -0.2) is 50.3 Å². The highest BCUT2D eigenvalue weighted by Gasteiger charge is 2.35. The summed E-state index contributed by atoms with van der Waals surface area (Å²) in [5.41, 5.74) is 3.08. The minimum Gasteiger partial charge on any atom is -0.469 e. The van der Waals surface area contributed by atoms with Crippen molar-refractivity contribution in [3.8, 4) is 5.75 Å². The Hall–Kier alpha value is -3.53. The van der Waals surface area contributed by atoms with Crippen molar-refractivity contribution in [2.75, 3.05) is 19.9 Å². The fraction of sp³-hybridized carbons (Fsp3) is 0.333. The molecule has 2 heterocycles. The number of hydrogen-bond acceptors (Lipinski definition) is 7. The molecule has 4 rings (SSSR count). The van der Waals surface area contributed by atoms with Gasteiger partial charge in [-0.05, 0) is 30.0 Å². The molecular weight excluding hydrogens is 460 g/mol. The number of benzene rings is 2. The summed E-state index contributed by atoms with van der Waals surface area (Å²) in [6.45, 7) is 0.516. The Morgan fingerprint density at radius 1 is 1.12 bits per heavy atom. The van der Waals surface area contributed by atoms with E-state index in [4.69, 9.17) is 13.7 Å². The van der Waals surface area contributed by atoms with E-state index in [0.717, 1.165) is 28.5 Å². The summed E-state index contributed by atoms with van der Waals surface area (Å²) in [5, 5.41) is 0.816. The molecular formula is C24H26N2O7S. The third kappa shape index (κ3) is 5.17. The van der Waals surface area contributed by atoms with Gasteiger partial charge in [0.15, 0.2) is 5.75 Å². The van der Waals surface area contributed by atoms with Crippen LogP contribution in [0.5, 0.6) is 5.75 Å². The van der Waals surface area contributed by atoms with Gasteiger partial charge in [-0.3, -0.25) is 9.69 Å². The van der Waals surface area contributed by atoms with Crippen LogP contribution < -0.4 is 4.18 Å². The zero-order chi connectivity index (χ0) is 24.3. The molecule has 180 valence electrons. The fourth-order valence-corrected chi connectivity index (χ4v) is 4.74. The number of fused-ring (bicyclic) bond motifs is 3. The molecule has 0 unspecified atom stereocenters. The van der Waals surface area contributed by atoms with Gasteiger partial charge in [-0.15, -0.1) is 0 Å². The molecule has 0 bridgehead atoms.